The number of carbonyl (C=O) groups is 1. The smallest absolute Gasteiger partial charge is 0.166 e. The first kappa shape index (κ1) is 15.5. The first-order valence-corrected chi connectivity index (χ1v) is 8.89. The number of carbonyl (C=O) groups excluding carboxylic acids is 1. The third-order valence-corrected chi connectivity index (χ3v) is 5.45. The second kappa shape index (κ2) is 6.39. The molecule has 1 aromatic carbocycles. The molecule has 1 aromatic rings. The van der Waals surface area contributed by atoms with E-state index in [4.69, 9.17) is 16.3 Å². The monoisotopic (exact) mass is 370 g/mol. The Bertz CT molecular complexity index is 512. The van der Waals surface area contributed by atoms with Gasteiger partial charge in [-0.25, -0.2) is 0 Å². The van der Waals surface area contributed by atoms with Crippen LogP contribution in [0.5, 0.6) is 0 Å². The maximum atomic E-state index is 12.8. The number of rotatable bonds is 2. The third-order valence-electron chi connectivity index (χ3n) is 4.78. The molecule has 2 fully saturated rings. The van der Waals surface area contributed by atoms with Crippen molar-refractivity contribution in [2.75, 3.05) is 6.61 Å². The summed E-state index contributed by atoms with van der Waals surface area (Å²) in [6, 6.07) is 5.46. The van der Waals surface area contributed by atoms with E-state index in [1.165, 1.54) is 19.3 Å². The maximum absolute atomic E-state index is 12.8. The molecule has 0 aromatic heterocycles. The van der Waals surface area contributed by atoms with Gasteiger partial charge < -0.3 is 4.74 Å². The van der Waals surface area contributed by atoms with Crippen LogP contribution < -0.4 is 0 Å². The third kappa shape index (κ3) is 3.52. The fourth-order valence-corrected chi connectivity index (χ4v) is 4.59. The van der Waals surface area contributed by atoms with Crippen molar-refractivity contribution in [1.82, 2.24) is 0 Å². The van der Waals surface area contributed by atoms with Crippen molar-refractivity contribution >= 4 is 33.3 Å². The summed E-state index contributed by atoms with van der Waals surface area (Å²) in [5, 5.41) is 0.604. The molecule has 1 aliphatic carbocycles. The molecule has 1 atom stereocenters. The van der Waals surface area contributed by atoms with E-state index in [0.29, 0.717) is 17.2 Å². The van der Waals surface area contributed by atoms with Gasteiger partial charge in [0.25, 0.3) is 0 Å². The number of benzene rings is 1. The van der Waals surface area contributed by atoms with Crippen molar-refractivity contribution in [2.24, 2.45) is 5.92 Å². The maximum Gasteiger partial charge on any atom is 0.166 e. The van der Waals surface area contributed by atoms with Gasteiger partial charge in [-0.1, -0.05) is 46.8 Å². The molecule has 1 heterocycles. The highest BCUT2D eigenvalue weighted by Gasteiger charge is 2.40. The summed E-state index contributed by atoms with van der Waals surface area (Å²) < 4.78 is 6.94. The number of hydrogen-bond acceptors (Lipinski definition) is 2. The zero-order valence-electron chi connectivity index (χ0n) is 12.0. The second-order valence-corrected chi connectivity index (χ2v) is 7.66. The minimum Gasteiger partial charge on any atom is -0.375 e. The van der Waals surface area contributed by atoms with E-state index in [-0.39, 0.29) is 17.3 Å². The van der Waals surface area contributed by atoms with E-state index in [1.807, 2.05) is 12.1 Å². The van der Waals surface area contributed by atoms with Crippen LogP contribution in [-0.4, -0.2) is 18.0 Å². The molecule has 1 saturated heterocycles. The van der Waals surface area contributed by atoms with Crippen molar-refractivity contribution in [1.29, 1.82) is 0 Å². The quantitative estimate of drug-likeness (QED) is 0.649. The molecule has 21 heavy (non-hydrogen) atoms. The van der Waals surface area contributed by atoms with Crippen molar-refractivity contribution in [3.05, 3.63) is 33.3 Å². The van der Waals surface area contributed by atoms with Crippen LogP contribution in [0.2, 0.25) is 5.02 Å². The zero-order chi connectivity index (χ0) is 14.9. The van der Waals surface area contributed by atoms with Crippen molar-refractivity contribution in [3.63, 3.8) is 0 Å². The molecule has 1 unspecified atom stereocenters. The molecule has 0 radical (unpaired) electrons. The number of hydrogen-bond donors (Lipinski definition) is 0. The highest BCUT2D eigenvalue weighted by Crippen LogP contribution is 2.41. The Balaban J connectivity index is 1.77. The highest BCUT2D eigenvalue weighted by atomic mass is 79.9. The van der Waals surface area contributed by atoms with Crippen LogP contribution in [0.25, 0.3) is 0 Å². The Morgan fingerprint density at radius 3 is 2.71 bits per heavy atom. The summed E-state index contributed by atoms with van der Waals surface area (Å²) in [7, 11) is 0. The Morgan fingerprint density at radius 1 is 1.24 bits per heavy atom. The molecule has 4 heteroatoms. The van der Waals surface area contributed by atoms with E-state index >= 15 is 0 Å². The van der Waals surface area contributed by atoms with Gasteiger partial charge in [0, 0.05) is 27.6 Å². The lowest BCUT2D eigenvalue weighted by molar-refractivity contribution is -0.111. The molecule has 114 valence electrons. The zero-order valence-corrected chi connectivity index (χ0v) is 14.4. The molecule has 3 rings (SSSR count). The van der Waals surface area contributed by atoms with Crippen molar-refractivity contribution in [2.45, 2.75) is 50.5 Å². The number of ketones is 1. The lowest BCUT2D eigenvalue weighted by atomic mass is 9.74. The Labute approximate surface area is 139 Å². The van der Waals surface area contributed by atoms with Crippen LogP contribution in [0.15, 0.2) is 22.7 Å². The summed E-state index contributed by atoms with van der Waals surface area (Å²) in [4.78, 5) is 12.8. The standard InChI is InChI=1S/C17H20BrClO2/c18-14-8-13(9-15(19)10-14)16(20)12-4-7-21-17(11-12)5-2-1-3-6-17/h8-10,12H,1-7,11H2. The fourth-order valence-electron chi connectivity index (χ4n) is 3.73. The average molecular weight is 372 g/mol. The Kier molecular flexibility index (Phi) is 4.72. The van der Waals surface area contributed by atoms with Gasteiger partial charge in [0.05, 0.1) is 5.60 Å². The number of Topliss-reactive ketones (excluding diaryl/α,β-unsaturated/α-hetero) is 1. The van der Waals surface area contributed by atoms with Crippen LogP contribution in [0.1, 0.15) is 55.3 Å². The fraction of sp³-hybridized carbons (Fsp3) is 0.588. The van der Waals surface area contributed by atoms with Crippen molar-refractivity contribution in [3.8, 4) is 0 Å². The Hall–Kier alpha value is -0.380. The normalized spacial score (nSPS) is 25.0. The summed E-state index contributed by atoms with van der Waals surface area (Å²) in [6.07, 6.45) is 7.66. The summed E-state index contributed by atoms with van der Waals surface area (Å²) in [5.41, 5.74) is 0.680. The van der Waals surface area contributed by atoms with Crippen LogP contribution in [0.3, 0.4) is 0 Å². The predicted molar refractivity (Wildman–Crippen MR) is 88.0 cm³/mol. The van der Waals surface area contributed by atoms with Crippen LogP contribution in [0.4, 0.5) is 0 Å². The van der Waals surface area contributed by atoms with E-state index in [1.54, 1.807) is 6.07 Å². The molecule has 1 aliphatic heterocycles. The van der Waals surface area contributed by atoms with Gasteiger partial charge in [-0.2, -0.15) is 0 Å². The lowest BCUT2D eigenvalue weighted by Crippen LogP contribution is -2.43. The highest BCUT2D eigenvalue weighted by molar-refractivity contribution is 9.10. The van der Waals surface area contributed by atoms with E-state index < -0.39 is 0 Å². The van der Waals surface area contributed by atoms with Gasteiger partial charge in [0.1, 0.15) is 0 Å². The molecule has 0 N–H and O–H groups in total. The van der Waals surface area contributed by atoms with Crippen LogP contribution >= 0.6 is 27.5 Å². The van der Waals surface area contributed by atoms with Gasteiger partial charge in [0.15, 0.2) is 5.78 Å². The SMILES string of the molecule is O=C(c1cc(Cl)cc(Br)c1)C1CCOC2(CCCCC2)C1. The number of ether oxygens (including phenoxy) is 1. The van der Waals surface area contributed by atoms with E-state index in [2.05, 4.69) is 15.9 Å². The molecule has 0 bridgehead atoms. The predicted octanol–water partition coefficient (Wildman–Crippen LogP) is 5.41. The summed E-state index contributed by atoms with van der Waals surface area (Å²) >= 11 is 9.48. The van der Waals surface area contributed by atoms with Crippen LogP contribution in [-0.2, 0) is 4.74 Å². The molecule has 2 aliphatic rings. The molecular formula is C17H20BrClO2. The van der Waals surface area contributed by atoms with Gasteiger partial charge in [0.2, 0.25) is 0 Å². The molecule has 1 saturated carbocycles. The summed E-state index contributed by atoms with van der Waals surface area (Å²) in [5.74, 6) is 0.286. The van der Waals surface area contributed by atoms with Crippen molar-refractivity contribution < 1.29 is 9.53 Å². The molecule has 2 nitrogen and oxygen atoms in total. The molecule has 1 spiro atoms. The van der Waals surface area contributed by atoms with Gasteiger partial charge >= 0.3 is 0 Å². The van der Waals surface area contributed by atoms with Gasteiger partial charge in [-0.15, -0.1) is 0 Å². The van der Waals surface area contributed by atoms with E-state index in [0.717, 1.165) is 30.2 Å². The minimum absolute atomic E-state index is 0.0351. The average Bonchev–Trinajstić information content (AvgIpc) is 2.46. The first-order chi connectivity index (χ1) is 10.1. The number of halogens is 2. The largest absolute Gasteiger partial charge is 0.375 e. The molecule has 0 amide bonds. The van der Waals surface area contributed by atoms with Gasteiger partial charge in [-0.05, 0) is 43.9 Å². The second-order valence-electron chi connectivity index (χ2n) is 6.30. The van der Waals surface area contributed by atoms with Gasteiger partial charge in [-0.3, -0.25) is 4.79 Å². The van der Waals surface area contributed by atoms with E-state index in [9.17, 15) is 4.79 Å². The first-order valence-electron chi connectivity index (χ1n) is 7.72. The topological polar surface area (TPSA) is 26.3 Å². The lowest BCUT2D eigenvalue weighted by Gasteiger charge is -2.43. The molecular weight excluding hydrogens is 352 g/mol. The minimum atomic E-state index is -0.0351. The summed E-state index contributed by atoms with van der Waals surface area (Å²) in [6.45, 7) is 0.706. The Morgan fingerprint density at radius 2 is 2.00 bits per heavy atom. The van der Waals surface area contributed by atoms with Crippen LogP contribution in [0, 0.1) is 5.92 Å².